The number of rotatable bonds is 15. The number of benzene rings is 4. The summed E-state index contributed by atoms with van der Waals surface area (Å²) in [7, 11) is 0. The summed E-state index contributed by atoms with van der Waals surface area (Å²) in [6.07, 6.45) is 21.9. The third-order valence-electron chi connectivity index (χ3n) is 14.5. The number of unbranched alkanes of at least 4 members (excludes halogenated alkanes) is 2. The second-order valence-corrected chi connectivity index (χ2v) is 19.5. The highest BCUT2D eigenvalue weighted by molar-refractivity contribution is 5.90. The van der Waals surface area contributed by atoms with Crippen LogP contribution >= 0.6 is 0 Å². The van der Waals surface area contributed by atoms with E-state index in [0.29, 0.717) is 87.7 Å². The summed E-state index contributed by atoms with van der Waals surface area (Å²) in [5.74, 6) is 22.7. The molecule has 0 aromatic heterocycles. The molecule has 3 aliphatic carbocycles. The van der Waals surface area contributed by atoms with Crippen molar-refractivity contribution >= 4 is 23.9 Å². The summed E-state index contributed by atoms with van der Waals surface area (Å²) in [5, 5.41) is 0. The highest BCUT2D eigenvalue weighted by Gasteiger charge is 2.41. The number of terminal acetylenes is 1. The molecule has 3 saturated carbocycles. The van der Waals surface area contributed by atoms with Gasteiger partial charge in [-0.25, -0.2) is 9.59 Å². The number of hydrogen-bond acceptors (Lipinski definition) is 8. The first kappa shape index (κ1) is 52.6. The van der Waals surface area contributed by atoms with Crippen LogP contribution < -0.4 is 4.74 Å². The Labute approximate surface area is 427 Å². The average molecular weight is 963 g/mol. The highest BCUT2D eigenvalue weighted by Crippen LogP contribution is 2.44. The Kier molecular flexibility index (Phi) is 19.6. The molecule has 370 valence electrons. The molecule has 7 rings (SSSR count). The normalized spacial score (nSPS) is 21.2. The number of ether oxygens (including phenoxy) is 4. The van der Waals surface area contributed by atoms with Gasteiger partial charge in [0.2, 0.25) is 0 Å². The third-order valence-corrected chi connectivity index (χ3v) is 14.5. The van der Waals surface area contributed by atoms with Crippen LogP contribution in [-0.2, 0) is 28.6 Å². The number of hydrogen-bond donors (Lipinski definition) is 0. The molecule has 0 aliphatic heterocycles. The van der Waals surface area contributed by atoms with Gasteiger partial charge in [0.05, 0.1) is 30.6 Å². The maximum atomic E-state index is 13.9. The molecule has 8 nitrogen and oxygen atoms in total. The van der Waals surface area contributed by atoms with E-state index >= 15 is 0 Å². The quantitative estimate of drug-likeness (QED) is 0.0290. The molecule has 72 heavy (non-hydrogen) atoms. The van der Waals surface area contributed by atoms with Crippen LogP contribution in [0, 0.1) is 77.5 Å². The second-order valence-electron chi connectivity index (χ2n) is 19.5. The van der Waals surface area contributed by atoms with E-state index in [2.05, 4.69) is 54.9 Å². The molecule has 3 fully saturated rings. The molecule has 0 N–H and O–H groups in total. The van der Waals surface area contributed by atoms with Gasteiger partial charge >= 0.3 is 23.9 Å². The summed E-state index contributed by atoms with van der Waals surface area (Å²) in [6.45, 7) is 6.27. The van der Waals surface area contributed by atoms with Gasteiger partial charge < -0.3 is 18.9 Å². The summed E-state index contributed by atoms with van der Waals surface area (Å²) in [5.41, 5.74) is 4.61. The summed E-state index contributed by atoms with van der Waals surface area (Å²) >= 11 is 0. The first-order valence-corrected chi connectivity index (χ1v) is 26.0. The zero-order valence-corrected chi connectivity index (χ0v) is 41.7. The maximum absolute atomic E-state index is 13.9. The molecule has 3 aliphatic rings. The number of esters is 4. The van der Waals surface area contributed by atoms with Crippen LogP contribution in [-0.4, -0.2) is 42.7 Å². The largest absolute Gasteiger partial charge is 0.465 e. The van der Waals surface area contributed by atoms with Crippen LogP contribution in [0.1, 0.15) is 160 Å². The van der Waals surface area contributed by atoms with E-state index in [1.165, 1.54) is 38.5 Å². The highest BCUT2D eigenvalue weighted by atomic mass is 16.6. The van der Waals surface area contributed by atoms with E-state index in [1.807, 2.05) is 72.8 Å². The standard InChI is InChI=1S/C64H66O8/c1-4-10-48-27-29-54(30-28-48)55-40-43-64(44-41-55,42-39-53-25-23-52(24-26-53)22-21-51-19-17-50(18-20-51)16-15-49-13-11-47(5-2)12-14-49)72-63(68)58-35-37-59(38-36-58)71-62(67)57-33-31-56(32-34-57)61(66)70-46-9-7-8-45-69-60(65)6-3/h2,6,11-14,17-20,23-26,35-38,48,54-57H,3-4,7-10,27-34,40-41,43-46H2,1H3. The average Bonchev–Trinajstić information content (AvgIpc) is 3.42. The van der Waals surface area contributed by atoms with Crippen LogP contribution in [0.2, 0.25) is 0 Å². The molecule has 0 heterocycles. The van der Waals surface area contributed by atoms with Gasteiger partial charge in [0.15, 0.2) is 5.60 Å². The number of carbonyl (C=O) groups is 4. The van der Waals surface area contributed by atoms with E-state index in [0.717, 1.165) is 64.6 Å². The topological polar surface area (TPSA) is 105 Å². The van der Waals surface area contributed by atoms with E-state index in [4.69, 9.17) is 25.4 Å². The molecular formula is C64H66O8. The molecule has 0 unspecified atom stereocenters. The minimum Gasteiger partial charge on any atom is -0.465 e. The molecule has 0 radical (unpaired) electrons. The summed E-state index contributed by atoms with van der Waals surface area (Å²) in [6, 6.07) is 29.8. The van der Waals surface area contributed by atoms with Crippen LogP contribution in [0.5, 0.6) is 5.75 Å². The second kappa shape index (κ2) is 26.8. The van der Waals surface area contributed by atoms with Gasteiger partial charge in [0.1, 0.15) is 5.75 Å². The van der Waals surface area contributed by atoms with Crippen molar-refractivity contribution in [3.63, 3.8) is 0 Å². The Bertz CT molecular complexity index is 2700. The number of carbonyl (C=O) groups excluding carboxylic acids is 4. The van der Waals surface area contributed by atoms with E-state index in [-0.39, 0.29) is 23.8 Å². The fraction of sp³-hybridized carbons (Fsp3) is 0.406. The first-order chi connectivity index (χ1) is 35.1. The predicted octanol–water partition coefficient (Wildman–Crippen LogP) is 12.4. The Balaban J connectivity index is 0.926. The van der Waals surface area contributed by atoms with E-state index < -0.39 is 17.5 Å². The molecule has 4 aromatic rings. The van der Waals surface area contributed by atoms with Crippen molar-refractivity contribution in [3.8, 4) is 53.6 Å². The van der Waals surface area contributed by atoms with Crippen molar-refractivity contribution in [1.29, 1.82) is 0 Å². The van der Waals surface area contributed by atoms with Crippen LogP contribution in [0.25, 0.3) is 0 Å². The van der Waals surface area contributed by atoms with Crippen molar-refractivity contribution < 1.29 is 38.1 Å². The lowest BCUT2D eigenvalue weighted by Crippen LogP contribution is -2.39. The Hall–Kier alpha value is -7.26. The smallest absolute Gasteiger partial charge is 0.339 e. The van der Waals surface area contributed by atoms with Gasteiger partial charge in [-0.05, 0) is 204 Å². The third kappa shape index (κ3) is 15.9. The molecule has 0 amide bonds. The van der Waals surface area contributed by atoms with Gasteiger partial charge in [-0.2, -0.15) is 0 Å². The lowest BCUT2D eigenvalue weighted by molar-refractivity contribution is -0.152. The van der Waals surface area contributed by atoms with Crippen LogP contribution in [0.3, 0.4) is 0 Å². The Morgan fingerprint density at radius 1 is 0.583 bits per heavy atom. The monoisotopic (exact) mass is 962 g/mol. The lowest BCUT2D eigenvalue weighted by atomic mass is 9.67. The SMILES string of the molecule is C#Cc1ccc(C#Cc2ccc(C#Cc3ccc(C#CC4(OC(=O)c5ccc(OC(=O)C6CCC(C(=O)OCCCCCOC(=O)C=C)CC6)cc5)CCC(C5CCC(CCC)CC5)CC4)cc3)cc2)cc1. The molecule has 0 saturated heterocycles. The zero-order valence-electron chi connectivity index (χ0n) is 41.7. The van der Waals surface area contributed by atoms with Gasteiger partial charge in [-0.3, -0.25) is 9.59 Å². The Morgan fingerprint density at radius 2 is 1.06 bits per heavy atom. The van der Waals surface area contributed by atoms with Gasteiger partial charge in [0, 0.05) is 39.5 Å². The van der Waals surface area contributed by atoms with Crippen molar-refractivity contribution in [2.24, 2.45) is 29.6 Å². The van der Waals surface area contributed by atoms with Crippen LogP contribution in [0.4, 0.5) is 0 Å². The fourth-order valence-electron chi connectivity index (χ4n) is 10.1. The van der Waals surface area contributed by atoms with Gasteiger partial charge in [-0.15, -0.1) is 6.42 Å². The molecule has 0 spiro atoms. The Morgan fingerprint density at radius 3 is 1.56 bits per heavy atom. The maximum Gasteiger partial charge on any atom is 0.339 e. The molecule has 4 aromatic carbocycles. The zero-order chi connectivity index (χ0) is 50.5. The summed E-state index contributed by atoms with van der Waals surface area (Å²) < 4.78 is 22.6. The predicted molar refractivity (Wildman–Crippen MR) is 280 cm³/mol. The van der Waals surface area contributed by atoms with Gasteiger partial charge in [0.25, 0.3) is 0 Å². The van der Waals surface area contributed by atoms with E-state index in [1.54, 1.807) is 24.3 Å². The van der Waals surface area contributed by atoms with Crippen molar-refractivity contribution in [2.45, 2.75) is 122 Å². The minimum atomic E-state index is -0.936. The van der Waals surface area contributed by atoms with Crippen molar-refractivity contribution in [2.75, 3.05) is 13.2 Å². The lowest BCUT2D eigenvalue weighted by Gasteiger charge is -2.41. The molecule has 0 atom stereocenters. The first-order valence-electron chi connectivity index (χ1n) is 26.0. The molecular weight excluding hydrogens is 897 g/mol. The van der Waals surface area contributed by atoms with Crippen molar-refractivity contribution in [1.82, 2.24) is 0 Å². The van der Waals surface area contributed by atoms with Gasteiger partial charge in [-0.1, -0.05) is 74.7 Å². The minimum absolute atomic E-state index is 0.240. The van der Waals surface area contributed by atoms with E-state index in [9.17, 15) is 19.2 Å². The summed E-state index contributed by atoms with van der Waals surface area (Å²) in [4.78, 5) is 50.9. The van der Waals surface area contributed by atoms with Crippen molar-refractivity contribution in [3.05, 3.63) is 149 Å². The van der Waals surface area contributed by atoms with Crippen LogP contribution in [0.15, 0.2) is 110 Å². The fourth-order valence-corrected chi connectivity index (χ4v) is 10.1. The molecule has 0 bridgehead atoms. The molecule has 8 heteroatoms.